The van der Waals surface area contributed by atoms with Crippen LogP contribution in [0.3, 0.4) is 0 Å². The van der Waals surface area contributed by atoms with Gasteiger partial charge in [-0.2, -0.15) is 0 Å². The van der Waals surface area contributed by atoms with Crippen molar-refractivity contribution in [2.24, 2.45) is 22.7 Å². The number of hydrogen-bond donors (Lipinski definition) is 1. The van der Waals surface area contributed by atoms with Gasteiger partial charge in [0.05, 0.1) is 28.6 Å². The highest BCUT2D eigenvalue weighted by molar-refractivity contribution is 7.90. The number of rotatable bonds is 4. The molecule has 3 fully saturated rings. The Morgan fingerprint density at radius 2 is 1.85 bits per heavy atom. The first kappa shape index (κ1) is 23.1. The predicted octanol–water partition coefficient (Wildman–Crippen LogP) is 2.98. The Hall–Kier alpha value is -1.71. The molecular formula is C24H32N2O5S2. The lowest BCUT2D eigenvalue weighted by Gasteiger charge is -2.38. The van der Waals surface area contributed by atoms with Crippen LogP contribution in [-0.2, 0) is 24.8 Å². The molecule has 5 atom stereocenters. The fourth-order valence-electron chi connectivity index (χ4n) is 6.94. The minimum absolute atomic E-state index is 0.0161. The van der Waals surface area contributed by atoms with Gasteiger partial charge in [0.25, 0.3) is 0 Å². The molecule has 1 aromatic rings. The Kier molecular flexibility index (Phi) is 5.16. The molecule has 1 saturated heterocycles. The predicted molar refractivity (Wildman–Crippen MR) is 125 cm³/mol. The first-order valence-electron chi connectivity index (χ1n) is 11.7. The third-order valence-electron chi connectivity index (χ3n) is 8.99. The lowest BCUT2D eigenvalue weighted by molar-refractivity contribution is -0.134. The van der Waals surface area contributed by atoms with Gasteiger partial charge in [0.1, 0.15) is 0 Å². The molecule has 1 amide bonds. The summed E-state index contributed by atoms with van der Waals surface area (Å²) in [6, 6.07) is 5.42. The number of aryl methyl sites for hydroxylation is 1. The molecule has 3 aliphatic carbocycles. The highest BCUT2D eigenvalue weighted by Gasteiger charge is 2.72. The second-order valence-electron chi connectivity index (χ2n) is 10.8. The van der Waals surface area contributed by atoms with E-state index in [4.69, 9.17) is 0 Å². The summed E-state index contributed by atoms with van der Waals surface area (Å²) >= 11 is 0. The van der Waals surface area contributed by atoms with Crippen LogP contribution in [0.2, 0.25) is 0 Å². The Balaban J connectivity index is 1.44. The van der Waals surface area contributed by atoms with E-state index in [1.807, 2.05) is 13.0 Å². The molecule has 4 aliphatic rings. The van der Waals surface area contributed by atoms with Gasteiger partial charge in [-0.3, -0.25) is 4.79 Å². The average Bonchev–Trinajstić information content (AvgIpc) is 3.21. The van der Waals surface area contributed by atoms with Crippen LogP contribution in [0.5, 0.6) is 0 Å². The molecule has 1 aliphatic heterocycles. The van der Waals surface area contributed by atoms with E-state index in [1.165, 1.54) is 16.4 Å². The van der Waals surface area contributed by atoms with Crippen LogP contribution in [0.4, 0.5) is 0 Å². The van der Waals surface area contributed by atoms with Crippen molar-refractivity contribution >= 4 is 26.0 Å². The van der Waals surface area contributed by atoms with E-state index in [9.17, 15) is 21.6 Å². The largest absolute Gasteiger partial charge is 0.273 e. The highest BCUT2D eigenvalue weighted by Crippen LogP contribution is 2.70. The molecule has 33 heavy (non-hydrogen) atoms. The number of carbonyl (C=O) groups is 1. The summed E-state index contributed by atoms with van der Waals surface area (Å²) in [5.41, 5.74) is 0.424. The van der Waals surface area contributed by atoms with Crippen LogP contribution in [0.25, 0.3) is 0 Å². The van der Waals surface area contributed by atoms with E-state index in [1.54, 1.807) is 18.2 Å². The number of hydrogen-bond acceptors (Lipinski definition) is 5. The van der Waals surface area contributed by atoms with Crippen molar-refractivity contribution in [3.8, 4) is 0 Å². The molecule has 9 heteroatoms. The Bertz CT molecular complexity index is 1220. The first-order chi connectivity index (χ1) is 15.4. The number of fused-ring (bicyclic) bond motifs is 1. The zero-order valence-corrected chi connectivity index (χ0v) is 21.0. The number of carbonyl (C=O) groups excluding carboxylic acids is 1. The number of benzene rings is 1. The molecule has 180 valence electrons. The molecule has 0 aromatic heterocycles. The Morgan fingerprint density at radius 3 is 2.52 bits per heavy atom. The topological polar surface area (TPSA) is 101 Å². The summed E-state index contributed by atoms with van der Waals surface area (Å²) in [6.07, 6.45) is 7.11. The number of amides is 1. The Labute approximate surface area is 196 Å². The van der Waals surface area contributed by atoms with Crippen molar-refractivity contribution in [1.82, 2.24) is 9.03 Å². The molecule has 0 radical (unpaired) electrons. The van der Waals surface area contributed by atoms with Gasteiger partial charge in [0.15, 0.2) is 0 Å². The number of sulfonamides is 2. The summed E-state index contributed by atoms with van der Waals surface area (Å²) in [6.45, 7) is 6.18. The lowest BCUT2D eigenvalue weighted by Crippen LogP contribution is -2.51. The number of nitrogens with zero attached hydrogens (tertiary/aromatic N) is 1. The molecule has 5 rings (SSSR count). The quantitative estimate of drug-likeness (QED) is 0.652. The van der Waals surface area contributed by atoms with E-state index in [-0.39, 0.29) is 22.1 Å². The third kappa shape index (κ3) is 3.33. The van der Waals surface area contributed by atoms with Crippen LogP contribution < -0.4 is 4.72 Å². The molecule has 2 bridgehead atoms. The SMILES string of the molecule is Cc1ccc(S(=O)(=O)N[C@@H]2C=CCC[C@@H]2C(=O)N2C3CC4CCC3(CS2(=O)=O)C4(C)C)cc1. The van der Waals surface area contributed by atoms with E-state index >= 15 is 0 Å². The summed E-state index contributed by atoms with van der Waals surface area (Å²) in [4.78, 5) is 13.9. The zero-order valence-electron chi connectivity index (χ0n) is 19.3. The monoisotopic (exact) mass is 492 g/mol. The molecule has 1 heterocycles. The Morgan fingerprint density at radius 1 is 1.15 bits per heavy atom. The number of nitrogens with one attached hydrogen (secondary N) is 1. The van der Waals surface area contributed by atoms with Gasteiger partial charge >= 0.3 is 0 Å². The maximum absolute atomic E-state index is 13.8. The lowest BCUT2D eigenvalue weighted by atomic mass is 9.69. The van der Waals surface area contributed by atoms with Crippen LogP contribution in [0.1, 0.15) is 51.5 Å². The molecular weight excluding hydrogens is 460 g/mol. The molecule has 3 unspecified atom stereocenters. The molecule has 2 saturated carbocycles. The van der Waals surface area contributed by atoms with Crippen molar-refractivity contribution in [3.63, 3.8) is 0 Å². The van der Waals surface area contributed by atoms with Gasteiger partial charge in [-0.1, -0.05) is 43.7 Å². The van der Waals surface area contributed by atoms with Gasteiger partial charge in [0.2, 0.25) is 26.0 Å². The van der Waals surface area contributed by atoms with Gasteiger partial charge < -0.3 is 0 Å². The maximum atomic E-state index is 13.8. The smallest absolute Gasteiger partial charge is 0.241 e. The van der Waals surface area contributed by atoms with E-state index in [2.05, 4.69) is 18.6 Å². The van der Waals surface area contributed by atoms with Gasteiger partial charge in [0, 0.05) is 5.41 Å². The van der Waals surface area contributed by atoms with Crippen molar-refractivity contribution < 1.29 is 21.6 Å². The zero-order chi connectivity index (χ0) is 23.8. The summed E-state index contributed by atoms with van der Waals surface area (Å²) in [7, 11) is -7.61. The van der Waals surface area contributed by atoms with E-state index < -0.39 is 43.3 Å². The molecule has 1 aromatic carbocycles. The van der Waals surface area contributed by atoms with Crippen LogP contribution in [0, 0.1) is 29.6 Å². The summed E-state index contributed by atoms with van der Waals surface area (Å²) < 4.78 is 56.5. The summed E-state index contributed by atoms with van der Waals surface area (Å²) in [5.74, 6) is -0.777. The second kappa shape index (κ2) is 7.39. The van der Waals surface area contributed by atoms with Crippen molar-refractivity contribution in [2.75, 3.05) is 5.75 Å². The normalized spacial score (nSPS) is 36.2. The first-order valence-corrected chi connectivity index (χ1v) is 14.8. The van der Waals surface area contributed by atoms with Gasteiger partial charge in [-0.25, -0.2) is 25.9 Å². The van der Waals surface area contributed by atoms with Gasteiger partial charge in [-0.05, 0) is 62.5 Å². The van der Waals surface area contributed by atoms with E-state index in [0.29, 0.717) is 25.2 Å². The van der Waals surface area contributed by atoms with Crippen molar-refractivity contribution in [1.29, 1.82) is 0 Å². The molecule has 1 spiro atoms. The maximum Gasteiger partial charge on any atom is 0.241 e. The van der Waals surface area contributed by atoms with Gasteiger partial charge in [-0.15, -0.1) is 0 Å². The third-order valence-corrected chi connectivity index (χ3v) is 12.4. The van der Waals surface area contributed by atoms with Crippen LogP contribution >= 0.6 is 0 Å². The van der Waals surface area contributed by atoms with Crippen LogP contribution in [-0.4, -0.2) is 44.9 Å². The average molecular weight is 493 g/mol. The fourth-order valence-corrected chi connectivity index (χ4v) is 10.8. The minimum atomic E-state index is -3.86. The van der Waals surface area contributed by atoms with Crippen molar-refractivity contribution in [2.45, 2.75) is 69.9 Å². The number of allylic oxidation sites excluding steroid dienone is 1. The standard InChI is InChI=1S/C24H32N2O5S2/c1-16-8-10-18(11-9-16)33(30,31)25-20-7-5-4-6-19(20)22(27)26-21-14-17-12-13-24(21,23(17,2)3)15-32(26,28)29/h5,7-11,17,19-21,25H,4,6,12-15H2,1-3H3/t17?,19-,20+,21?,24?/m0/s1. The minimum Gasteiger partial charge on any atom is -0.273 e. The molecule has 1 N–H and O–H groups in total. The van der Waals surface area contributed by atoms with Crippen molar-refractivity contribution in [3.05, 3.63) is 42.0 Å². The molecule has 7 nitrogen and oxygen atoms in total. The summed E-state index contributed by atoms with van der Waals surface area (Å²) in [5, 5.41) is 0. The fraction of sp³-hybridized carbons (Fsp3) is 0.625. The second-order valence-corrected chi connectivity index (χ2v) is 14.4. The van der Waals surface area contributed by atoms with E-state index in [0.717, 1.165) is 18.4 Å². The highest BCUT2D eigenvalue weighted by atomic mass is 32.2. The van der Waals surface area contributed by atoms with Crippen LogP contribution in [0.15, 0.2) is 41.3 Å².